The second-order valence-corrected chi connectivity index (χ2v) is 6.16. The molecule has 0 saturated heterocycles. The van der Waals surface area contributed by atoms with E-state index in [0.717, 1.165) is 12.8 Å². The largest absolute Gasteiger partial charge is 0.503 e. The summed E-state index contributed by atoms with van der Waals surface area (Å²) in [5.41, 5.74) is 0. The Morgan fingerprint density at radius 3 is 1.41 bits per heavy atom. The second-order valence-electron chi connectivity index (χ2n) is 4.84. The maximum Gasteiger partial charge on any atom is 0.503 e. The van der Waals surface area contributed by atoms with Gasteiger partial charge < -0.3 is 0 Å². The molecule has 4 unspecified atom stereocenters. The smallest absolute Gasteiger partial charge is 0.282 e. The minimum Gasteiger partial charge on any atom is -0.282 e. The van der Waals surface area contributed by atoms with Crippen LogP contribution >= 0.6 is 7.82 Å². The van der Waals surface area contributed by atoms with E-state index in [2.05, 4.69) is 0 Å². The fourth-order valence-electron chi connectivity index (χ4n) is 1.30. The Bertz CT molecular complexity index is 235. The van der Waals surface area contributed by atoms with E-state index in [1.165, 1.54) is 0 Å². The number of hydrogen-bond donors (Lipinski definition) is 0. The Balaban J connectivity index is 4.33. The van der Waals surface area contributed by atoms with Gasteiger partial charge in [-0.15, -0.1) is 4.89 Å². The molecule has 0 bridgehead atoms. The normalized spacial score (nSPS) is 22.5. The third-order valence-electron chi connectivity index (χ3n) is 3.48. The highest BCUT2D eigenvalue weighted by molar-refractivity contribution is 7.47. The Kier molecular flexibility index (Phi) is 7.57. The van der Waals surface area contributed by atoms with Crippen molar-refractivity contribution < 1.29 is 18.5 Å². The highest BCUT2D eigenvalue weighted by Gasteiger charge is 2.32. The van der Waals surface area contributed by atoms with Gasteiger partial charge in [-0.2, -0.15) is 0 Å². The van der Waals surface area contributed by atoms with Crippen LogP contribution in [0, 0.1) is 11.8 Å². The molecule has 0 aromatic rings. The number of rotatable bonds is 8. The molecule has 4 nitrogen and oxygen atoms in total. The van der Waals surface area contributed by atoms with Gasteiger partial charge >= 0.3 is 7.82 Å². The lowest BCUT2D eigenvalue weighted by atomic mass is 10.0. The first-order chi connectivity index (χ1) is 7.73. The summed E-state index contributed by atoms with van der Waals surface area (Å²) in [6.07, 6.45) is 1.07. The zero-order chi connectivity index (χ0) is 13.6. The maximum atomic E-state index is 11.7. The standard InChI is InChI=1S/C12H26O4P/c1-7-9(3)11(5)15-17(13,14)16-12(6)10(4)8-2/h9-12H,7-8H2,1-6H3. The first-order valence-electron chi connectivity index (χ1n) is 6.41. The van der Waals surface area contributed by atoms with Gasteiger partial charge in [0.2, 0.25) is 0 Å². The molecule has 17 heavy (non-hydrogen) atoms. The fraction of sp³-hybridized carbons (Fsp3) is 1.00. The van der Waals surface area contributed by atoms with E-state index in [9.17, 15) is 9.46 Å². The Hall–Kier alpha value is 0.110. The summed E-state index contributed by atoms with van der Waals surface area (Å²) in [5.74, 6) is 0.388. The van der Waals surface area contributed by atoms with Crippen molar-refractivity contribution in [2.45, 2.75) is 66.6 Å². The van der Waals surface area contributed by atoms with Crippen LogP contribution in [0.2, 0.25) is 0 Å². The van der Waals surface area contributed by atoms with Crippen LogP contribution in [-0.4, -0.2) is 12.2 Å². The van der Waals surface area contributed by atoms with E-state index < -0.39 is 7.82 Å². The molecule has 0 heterocycles. The lowest BCUT2D eigenvalue weighted by Gasteiger charge is -2.24. The zero-order valence-corrected chi connectivity index (χ0v) is 12.7. The molecule has 0 aliphatic carbocycles. The first-order valence-corrected chi connectivity index (χ1v) is 7.87. The minimum absolute atomic E-state index is 0.194. The van der Waals surface area contributed by atoms with Crippen LogP contribution in [0.5, 0.6) is 0 Å². The van der Waals surface area contributed by atoms with Crippen LogP contribution in [0.1, 0.15) is 54.4 Å². The van der Waals surface area contributed by atoms with Gasteiger partial charge in [-0.1, -0.05) is 40.5 Å². The monoisotopic (exact) mass is 265 g/mol. The van der Waals surface area contributed by atoms with Crippen molar-refractivity contribution in [3.05, 3.63) is 0 Å². The molecule has 0 rings (SSSR count). The Morgan fingerprint density at radius 2 is 1.18 bits per heavy atom. The van der Waals surface area contributed by atoms with Crippen molar-refractivity contribution in [3.8, 4) is 0 Å². The minimum atomic E-state index is -4.19. The summed E-state index contributed by atoms with van der Waals surface area (Å²) in [5, 5.41) is 0. The summed E-state index contributed by atoms with van der Waals surface area (Å²) < 4.78 is 21.7. The summed E-state index contributed by atoms with van der Waals surface area (Å²) in [4.78, 5) is 11.7. The van der Waals surface area contributed by atoms with Gasteiger partial charge in [0, 0.05) is 0 Å². The predicted molar refractivity (Wildman–Crippen MR) is 68.3 cm³/mol. The maximum absolute atomic E-state index is 11.7. The van der Waals surface area contributed by atoms with Crippen molar-refractivity contribution in [3.63, 3.8) is 0 Å². The van der Waals surface area contributed by atoms with Gasteiger partial charge in [-0.3, -0.25) is 9.05 Å². The molecule has 0 spiro atoms. The molecule has 0 aromatic carbocycles. The zero-order valence-electron chi connectivity index (χ0n) is 11.8. The second kappa shape index (κ2) is 7.52. The average Bonchev–Trinajstić information content (AvgIpc) is 2.25. The van der Waals surface area contributed by atoms with Crippen LogP contribution in [0.3, 0.4) is 0 Å². The van der Waals surface area contributed by atoms with Crippen molar-refractivity contribution >= 4 is 7.82 Å². The molecule has 0 aliphatic heterocycles. The van der Waals surface area contributed by atoms with Crippen LogP contribution in [-0.2, 0) is 18.5 Å². The van der Waals surface area contributed by atoms with Crippen LogP contribution in [0.15, 0.2) is 0 Å². The first kappa shape index (κ1) is 17.1. The lowest BCUT2D eigenvalue weighted by Crippen LogP contribution is -2.20. The van der Waals surface area contributed by atoms with E-state index in [4.69, 9.17) is 9.05 Å². The predicted octanol–water partition coefficient (Wildman–Crippen LogP) is 4.43. The van der Waals surface area contributed by atoms with Gasteiger partial charge in [0.05, 0.1) is 12.2 Å². The van der Waals surface area contributed by atoms with Crippen LogP contribution in [0.4, 0.5) is 0 Å². The third kappa shape index (κ3) is 6.56. The summed E-state index contributed by atoms with van der Waals surface area (Å²) in [7, 11) is -4.19. The van der Waals surface area contributed by atoms with Crippen molar-refractivity contribution in [1.82, 2.24) is 0 Å². The fourth-order valence-corrected chi connectivity index (χ4v) is 2.58. The van der Waals surface area contributed by atoms with E-state index in [0.29, 0.717) is 0 Å². The molecule has 0 saturated carbocycles. The van der Waals surface area contributed by atoms with Gasteiger partial charge in [-0.05, 0) is 25.7 Å². The van der Waals surface area contributed by atoms with Crippen LogP contribution in [0.25, 0.3) is 0 Å². The summed E-state index contributed by atoms with van der Waals surface area (Å²) in [6, 6.07) is 0. The highest BCUT2D eigenvalue weighted by Crippen LogP contribution is 2.49. The molecule has 4 atom stereocenters. The average molecular weight is 265 g/mol. The molecule has 0 amide bonds. The molecule has 0 N–H and O–H groups in total. The molecular formula is C12H26O4P. The molecular weight excluding hydrogens is 239 g/mol. The molecule has 0 fully saturated rings. The van der Waals surface area contributed by atoms with E-state index in [-0.39, 0.29) is 24.0 Å². The third-order valence-corrected chi connectivity index (χ3v) is 4.66. The molecule has 1 radical (unpaired) electrons. The van der Waals surface area contributed by atoms with Gasteiger partial charge in [0.1, 0.15) is 0 Å². The molecule has 0 aliphatic rings. The quantitative estimate of drug-likeness (QED) is 0.610. The van der Waals surface area contributed by atoms with Crippen molar-refractivity contribution in [1.29, 1.82) is 0 Å². The SMILES string of the molecule is CCC(C)C(C)OP([O])(=O)OC(C)C(C)CC. The Morgan fingerprint density at radius 1 is 0.882 bits per heavy atom. The van der Waals surface area contributed by atoms with Crippen molar-refractivity contribution in [2.24, 2.45) is 11.8 Å². The molecule has 103 valence electrons. The Labute approximate surface area is 105 Å². The topological polar surface area (TPSA) is 55.4 Å². The van der Waals surface area contributed by atoms with E-state index >= 15 is 0 Å². The van der Waals surface area contributed by atoms with Crippen molar-refractivity contribution in [2.75, 3.05) is 0 Å². The highest BCUT2D eigenvalue weighted by atomic mass is 31.2. The molecule has 5 heteroatoms. The number of hydrogen-bond acceptors (Lipinski definition) is 3. The van der Waals surface area contributed by atoms with Gasteiger partial charge in [-0.25, -0.2) is 4.57 Å². The summed E-state index contributed by atoms with van der Waals surface area (Å²) >= 11 is 0. The van der Waals surface area contributed by atoms with E-state index in [1.807, 2.05) is 27.7 Å². The van der Waals surface area contributed by atoms with Crippen LogP contribution < -0.4 is 0 Å². The van der Waals surface area contributed by atoms with Gasteiger partial charge in [0.15, 0.2) is 0 Å². The lowest BCUT2D eigenvalue weighted by molar-refractivity contribution is 0.0366. The molecule has 0 aromatic heterocycles. The van der Waals surface area contributed by atoms with Gasteiger partial charge in [0.25, 0.3) is 0 Å². The van der Waals surface area contributed by atoms with E-state index in [1.54, 1.807) is 13.8 Å². The summed E-state index contributed by atoms with van der Waals surface area (Å²) in [6.45, 7) is 11.4.